The molecule has 8 heteroatoms. The molecule has 0 atom stereocenters. The fourth-order valence-electron chi connectivity index (χ4n) is 2.00. The summed E-state index contributed by atoms with van der Waals surface area (Å²) in [6.07, 6.45) is 0.436. The van der Waals surface area contributed by atoms with Crippen LogP contribution in [0, 0.1) is 0 Å². The highest BCUT2D eigenvalue weighted by Crippen LogP contribution is 2.22. The predicted molar refractivity (Wildman–Crippen MR) is 92.7 cm³/mol. The lowest BCUT2D eigenvalue weighted by molar-refractivity contribution is -0.116. The number of methoxy groups -OCH3 is 1. The Kier molecular flexibility index (Phi) is 5.79. The maximum absolute atomic E-state index is 12.2. The van der Waals surface area contributed by atoms with Crippen molar-refractivity contribution < 1.29 is 18.8 Å². The minimum Gasteiger partial charge on any atom is -0.465 e. The van der Waals surface area contributed by atoms with Crippen LogP contribution in [0.5, 0.6) is 0 Å². The molecule has 1 N–H and O–H groups in total. The fraction of sp³-hybridized carbons (Fsp3) is 0.412. The van der Waals surface area contributed by atoms with Crippen LogP contribution in [0.2, 0.25) is 5.02 Å². The Hall–Kier alpha value is -2.41. The molecule has 134 valence electrons. The topological polar surface area (TPSA) is 94.3 Å². The van der Waals surface area contributed by atoms with Crippen LogP contribution in [0.4, 0.5) is 5.69 Å². The van der Waals surface area contributed by atoms with Gasteiger partial charge >= 0.3 is 5.97 Å². The van der Waals surface area contributed by atoms with Gasteiger partial charge < -0.3 is 14.6 Å². The summed E-state index contributed by atoms with van der Waals surface area (Å²) in [5.41, 5.74) is 0.307. The summed E-state index contributed by atoms with van der Waals surface area (Å²) in [7, 11) is 1.26. The number of rotatable bonds is 5. The molecule has 1 heterocycles. The van der Waals surface area contributed by atoms with E-state index in [9.17, 15) is 9.59 Å². The zero-order chi connectivity index (χ0) is 18.6. The van der Waals surface area contributed by atoms with Gasteiger partial charge in [-0.05, 0) is 18.2 Å². The Morgan fingerprint density at radius 1 is 1.32 bits per heavy atom. The van der Waals surface area contributed by atoms with Gasteiger partial charge in [0.1, 0.15) is 0 Å². The van der Waals surface area contributed by atoms with E-state index in [2.05, 4.69) is 15.5 Å². The van der Waals surface area contributed by atoms with Gasteiger partial charge in [0.25, 0.3) is 0 Å². The quantitative estimate of drug-likeness (QED) is 0.816. The molecule has 0 aliphatic heterocycles. The van der Waals surface area contributed by atoms with E-state index in [1.54, 1.807) is 12.1 Å². The van der Waals surface area contributed by atoms with Crippen LogP contribution >= 0.6 is 11.6 Å². The van der Waals surface area contributed by atoms with Gasteiger partial charge in [-0.3, -0.25) is 4.79 Å². The number of ether oxygens (including phenoxy) is 1. The third kappa shape index (κ3) is 5.03. The second kappa shape index (κ2) is 7.65. The fourth-order valence-corrected chi connectivity index (χ4v) is 2.17. The molecule has 1 aromatic carbocycles. The van der Waals surface area contributed by atoms with E-state index in [1.807, 2.05) is 20.8 Å². The molecule has 25 heavy (non-hydrogen) atoms. The first-order valence-electron chi connectivity index (χ1n) is 7.71. The van der Waals surface area contributed by atoms with Gasteiger partial charge in [0.05, 0.1) is 18.4 Å². The molecular weight excluding hydrogens is 346 g/mol. The first-order chi connectivity index (χ1) is 11.7. The van der Waals surface area contributed by atoms with E-state index in [-0.39, 0.29) is 23.3 Å². The molecule has 0 saturated carbocycles. The Morgan fingerprint density at radius 2 is 2.04 bits per heavy atom. The minimum atomic E-state index is -0.579. The number of benzene rings is 1. The van der Waals surface area contributed by atoms with Gasteiger partial charge in [-0.1, -0.05) is 37.5 Å². The summed E-state index contributed by atoms with van der Waals surface area (Å²) in [5.74, 6) is 0.116. The lowest BCUT2D eigenvalue weighted by Crippen LogP contribution is -2.16. The van der Waals surface area contributed by atoms with Crippen molar-refractivity contribution in [2.24, 2.45) is 0 Å². The van der Waals surface area contributed by atoms with Crippen LogP contribution in [0.15, 0.2) is 22.7 Å². The average molecular weight is 366 g/mol. The van der Waals surface area contributed by atoms with Crippen molar-refractivity contribution >= 4 is 29.2 Å². The summed E-state index contributed by atoms with van der Waals surface area (Å²) >= 11 is 5.89. The van der Waals surface area contributed by atoms with Crippen LogP contribution in [-0.4, -0.2) is 29.1 Å². The second-order valence-electron chi connectivity index (χ2n) is 6.49. The van der Waals surface area contributed by atoms with Crippen molar-refractivity contribution in [3.63, 3.8) is 0 Å². The number of nitrogens with one attached hydrogen (secondary N) is 1. The van der Waals surface area contributed by atoms with E-state index in [0.29, 0.717) is 28.8 Å². The number of aryl methyl sites for hydroxylation is 1. The van der Waals surface area contributed by atoms with Crippen molar-refractivity contribution in [1.29, 1.82) is 0 Å². The maximum Gasteiger partial charge on any atom is 0.340 e. The van der Waals surface area contributed by atoms with Crippen LogP contribution in [-0.2, 0) is 21.4 Å². The molecule has 1 aromatic heterocycles. The van der Waals surface area contributed by atoms with Gasteiger partial charge in [0, 0.05) is 23.3 Å². The normalized spacial score (nSPS) is 11.2. The molecule has 0 aliphatic rings. The Labute approximate surface area is 150 Å². The average Bonchev–Trinajstić information content (AvgIpc) is 3.03. The van der Waals surface area contributed by atoms with Crippen molar-refractivity contribution in [3.8, 4) is 0 Å². The molecule has 0 radical (unpaired) electrons. The first kappa shape index (κ1) is 18.9. The zero-order valence-corrected chi connectivity index (χ0v) is 15.3. The molecule has 0 bridgehead atoms. The lowest BCUT2D eigenvalue weighted by atomic mass is 9.96. The van der Waals surface area contributed by atoms with Crippen LogP contribution in [0.1, 0.15) is 49.3 Å². The minimum absolute atomic E-state index is 0.134. The van der Waals surface area contributed by atoms with Gasteiger partial charge in [-0.15, -0.1) is 0 Å². The molecule has 0 spiro atoms. The van der Waals surface area contributed by atoms with E-state index in [1.165, 1.54) is 13.2 Å². The summed E-state index contributed by atoms with van der Waals surface area (Å²) in [4.78, 5) is 28.2. The standard InChI is InChI=1S/C17H20ClN3O4/c1-17(2,3)16-20-14(25-21-16)8-7-13(22)19-12-6-5-10(18)9-11(12)15(23)24-4/h5-6,9H,7-8H2,1-4H3,(H,19,22). The number of aromatic nitrogens is 2. The van der Waals surface area contributed by atoms with E-state index < -0.39 is 5.97 Å². The highest BCUT2D eigenvalue weighted by Gasteiger charge is 2.21. The van der Waals surface area contributed by atoms with Gasteiger partial charge in [0.2, 0.25) is 11.8 Å². The number of hydrogen-bond acceptors (Lipinski definition) is 6. The number of nitrogens with zero attached hydrogens (tertiary/aromatic N) is 2. The largest absolute Gasteiger partial charge is 0.465 e. The van der Waals surface area contributed by atoms with Gasteiger partial charge in [-0.2, -0.15) is 4.98 Å². The number of hydrogen-bond donors (Lipinski definition) is 1. The molecule has 0 unspecified atom stereocenters. The highest BCUT2D eigenvalue weighted by atomic mass is 35.5. The SMILES string of the molecule is COC(=O)c1cc(Cl)ccc1NC(=O)CCc1nc(C(C)(C)C)no1. The Bertz CT molecular complexity index is 780. The van der Waals surface area contributed by atoms with Crippen molar-refractivity contribution in [3.05, 3.63) is 40.5 Å². The van der Waals surface area contributed by atoms with Crippen LogP contribution in [0.25, 0.3) is 0 Å². The number of anilines is 1. The van der Waals surface area contributed by atoms with E-state index >= 15 is 0 Å². The molecule has 1 amide bonds. The highest BCUT2D eigenvalue weighted by molar-refractivity contribution is 6.31. The third-order valence-electron chi connectivity index (χ3n) is 3.37. The molecule has 2 rings (SSSR count). The number of carbonyl (C=O) groups is 2. The monoisotopic (exact) mass is 365 g/mol. The number of halogens is 1. The second-order valence-corrected chi connectivity index (χ2v) is 6.93. The molecule has 0 saturated heterocycles. The number of amides is 1. The molecule has 0 fully saturated rings. The van der Waals surface area contributed by atoms with E-state index in [0.717, 1.165) is 0 Å². The van der Waals surface area contributed by atoms with Crippen LogP contribution < -0.4 is 5.32 Å². The van der Waals surface area contributed by atoms with Crippen molar-refractivity contribution in [2.75, 3.05) is 12.4 Å². The maximum atomic E-state index is 12.2. The third-order valence-corrected chi connectivity index (χ3v) is 3.60. The summed E-state index contributed by atoms with van der Waals surface area (Å²) in [6.45, 7) is 5.93. The lowest BCUT2D eigenvalue weighted by Gasteiger charge is -2.11. The number of esters is 1. The summed E-state index contributed by atoms with van der Waals surface area (Å²) < 4.78 is 9.85. The summed E-state index contributed by atoms with van der Waals surface area (Å²) in [5, 5.41) is 6.96. The smallest absolute Gasteiger partial charge is 0.340 e. The zero-order valence-electron chi connectivity index (χ0n) is 14.6. The Morgan fingerprint density at radius 3 is 2.64 bits per heavy atom. The molecule has 7 nitrogen and oxygen atoms in total. The van der Waals surface area contributed by atoms with E-state index in [4.69, 9.17) is 20.9 Å². The van der Waals surface area contributed by atoms with Gasteiger partial charge in [0.15, 0.2) is 5.82 Å². The van der Waals surface area contributed by atoms with Crippen molar-refractivity contribution in [1.82, 2.24) is 10.1 Å². The summed E-state index contributed by atoms with van der Waals surface area (Å²) in [6, 6.07) is 4.57. The van der Waals surface area contributed by atoms with Gasteiger partial charge in [-0.25, -0.2) is 4.79 Å². The van der Waals surface area contributed by atoms with Crippen molar-refractivity contribution in [2.45, 2.75) is 39.0 Å². The molecule has 0 aliphatic carbocycles. The number of carbonyl (C=O) groups excluding carboxylic acids is 2. The molecular formula is C17H20ClN3O4. The first-order valence-corrected chi connectivity index (χ1v) is 8.09. The van der Waals surface area contributed by atoms with Crippen LogP contribution in [0.3, 0.4) is 0 Å². The Balaban J connectivity index is 2.01. The predicted octanol–water partition coefficient (Wildman–Crippen LogP) is 3.38. The molecule has 2 aromatic rings.